The summed E-state index contributed by atoms with van der Waals surface area (Å²) < 4.78 is 15.9. The highest BCUT2D eigenvalue weighted by Gasteiger charge is 2.59. The Balaban J connectivity index is 1.88. The van der Waals surface area contributed by atoms with Crippen molar-refractivity contribution in [3.63, 3.8) is 0 Å². The van der Waals surface area contributed by atoms with Crippen molar-refractivity contribution >= 4 is 11.6 Å². The Labute approximate surface area is 111 Å². The second-order valence-electron chi connectivity index (χ2n) is 4.56. The van der Waals surface area contributed by atoms with E-state index < -0.39 is 6.10 Å². The molecule has 0 aromatic heterocycles. The van der Waals surface area contributed by atoms with E-state index in [1.165, 1.54) is 0 Å². The van der Waals surface area contributed by atoms with Gasteiger partial charge in [-0.05, 0) is 24.3 Å². The van der Waals surface area contributed by atoms with E-state index in [-0.39, 0.29) is 18.1 Å². The standard InChI is InChI=1S/C14H15NO4/c1-8-12(18-3)11-13(19-8)14(16)15(11)9-4-6-10(17-2)7-5-9/h4-7,11-13H,1H2,2-3H3/t11-,12+,13+/m0/s1. The molecule has 5 nitrogen and oxygen atoms in total. The van der Waals surface area contributed by atoms with Crippen LogP contribution < -0.4 is 9.64 Å². The van der Waals surface area contributed by atoms with Crippen molar-refractivity contribution in [1.29, 1.82) is 0 Å². The number of rotatable bonds is 3. The molecule has 0 spiro atoms. The third-order valence-corrected chi connectivity index (χ3v) is 3.60. The summed E-state index contributed by atoms with van der Waals surface area (Å²) in [5.74, 6) is 1.21. The van der Waals surface area contributed by atoms with Crippen LogP contribution in [0.1, 0.15) is 0 Å². The second kappa shape index (κ2) is 4.28. The number of nitrogens with zero attached hydrogens (tertiary/aromatic N) is 1. The molecule has 1 amide bonds. The predicted molar refractivity (Wildman–Crippen MR) is 69.1 cm³/mol. The summed E-state index contributed by atoms with van der Waals surface area (Å²) in [6, 6.07) is 7.21. The van der Waals surface area contributed by atoms with Gasteiger partial charge in [0.05, 0.1) is 7.11 Å². The zero-order valence-electron chi connectivity index (χ0n) is 10.8. The lowest BCUT2D eigenvalue weighted by Gasteiger charge is -2.42. The van der Waals surface area contributed by atoms with Gasteiger partial charge in [-0.3, -0.25) is 9.69 Å². The zero-order chi connectivity index (χ0) is 13.6. The second-order valence-corrected chi connectivity index (χ2v) is 4.56. The van der Waals surface area contributed by atoms with Gasteiger partial charge in [-0.15, -0.1) is 0 Å². The first-order chi connectivity index (χ1) is 9.17. The lowest BCUT2D eigenvalue weighted by Crippen LogP contribution is -2.66. The van der Waals surface area contributed by atoms with E-state index in [1.807, 2.05) is 24.3 Å². The normalized spacial score (nSPS) is 28.7. The highest BCUT2D eigenvalue weighted by atomic mass is 16.6. The third kappa shape index (κ3) is 1.62. The summed E-state index contributed by atoms with van der Waals surface area (Å²) >= 11 is 0. The molecule has 0 saturated carbocycles. The molecule has 2 aliphatic rings. The largest absolute Gasteiger partial charge is 0.497 e. The molecule has 0 radical (unpaired) electrons. The molecule has 0 N–H and O–H groups in total. The maximum Gasteiger partial charge on any atom is 0.270 e. The molecule has 2 heterocycles. The van der Waals surface area contributed by atoms with Gasteiger partial charge >= 0.3 is 0 Å². The number of benzene rings is 1. The van der Waals surface area contributed by atoms with Gasteiger partial charge in [0.25, 0.3) is 5.91 Å². The van der Waals surface area contributed by atoms with Gasteiger partial charge < -0.3 is 14.2 Å². The van der Waals surface area contributed by atoms with Gasteiger partial charge in [-0.2, -0.15) is 0 Å². The minimum Gasteiger partial charge on any atom is -0.497 e. The van der Waals surface area contributed by atoms with E-state index in [1.54, 1.807) is 19.1 Å². The number of hydrogen-bond acceptors (Lipinski definition) is 4. The van der Waals surface area contributed by atoms with Gasteiger partial charge in [0.2, 0.25) is 6.10 Å². The number of methoxy groups -OCH3 is 2. The van der Waals surface area contributed by atoms with Crippen LogP contribution in [0.5, 0.6) is 5.75 Å². The molecule has 2 saturated heterocycles. The number of β-lactam (4-membered cyclic amide) rings is 1. The topological polar surface area (TPSA) is 48.0 Å². The third-order valence-electron chi connectivity index (χ3n) is 3.60. The Bertz CT molecular complexity index is 525. The first kappa shape index (κ1) is 12.0. The van der Waals surface area contributed by atoms with E-state index in [2.05, 4.69) is 6.58 Å². The highest BCUT2D eigenvalue weighted by molar-refractivity contribution is 6.05. The lowest BCUT2D eigenvalue weighted by atomic mass is 9.94. The van der Waals surface area contributed by atoms with Gasteiger partial charge in [-0.1, -0.05) is 6.58 Å². The summed E-state index contributed by atoms with van der Waals surface area (Å²) in [6.07, 6.45) is -0.732. The molecule has 2 aliphatic heterocycles. The number of carbonyl (C=O) groups excluding carboxylic acids is 1. The van der Waals surface area contributed by atoms with E-state index >= 15 is 0 Å². The monoisotopic (exact) mass is 261 g/mol. The summed E-state index contributed by atoms with van der Waals surface area (Å²) in [5, 5.41) is 0. The van der Waals surface area contributed by atoms with E-state index in [0.29, 0.717) is 5.76 Å². The quantitative estimate of drug-likeness (QED) is 0.770. The first-order valence-corrected chi connectivity index (χ1v) is 6.02. The number of anilines is 1. The summed E-state index contributed by atoms with van der Waals surface area (Å²) in [4.78, 5) is 13.8. The Morgan fingerprint density at radius 2 is 1.95 bits per heavy atom. The number of ether oxygens (including phenoxy) is 3. The van der Waals surface area contributed by atoms with Crippen molar-refractivity contribution < 1.29 is 19.0 Å². The fraction of sp³-hybridized carbons (Fsp3) is 0.357. The van der Waals surface area contributed by atoms with Crippen LogP contribution in [0, 0.1) is 0 Å². The molecule has 3 rings (SSSR count). The maximum absolute atomic E-state index is 12.1. The van der Waals surface area contributed by atoms with Crippen LogP contribution in [0.15, 0.2) is 36.6 Å². The van der Waals surface area contributed by atoms with Crippen LogP contribution >= 0.6 is 0 Å². The molecule has 2 fully saturated rings. The number of carbonyl (C=O) groups is 1. The molecule has 5 heteroatoms. The zero-order valence-corrected chi connectivity index (χ0v) is 10.8. The molecular formula is C14H15NO4. The average Bonchev–Trinajstić information content (AvgIpc) is 2.73. The highest BCUT2D eigenvalue weighted by Crippen LogP contribution is 2.41. The molecule has 1 aromatic rings. The van der Waals surface area contributed by atoms with Crippen molar-refractivity contribution in [2.45, 2.75) is 18.2 Å². The smallest absolute Gasteiger partial charge is 0.270 e. The van der Waals surface area contributed by atoms with Crippen LogP contribution in [0.25, 0.3) is 0 Å². The van der Waals surface area contributed by atoms with Gasteiger partial charge in [0.15, 0.2) is 0 Å². The molecule has 1 aromatic carbocycles. The molecule has 100 valence electrons. The van der Waals surface area contributed by atoms with Crippen molar-refractivity contribution in [3.8, 4) is 5.75 Å². The summed E-state index contributed by atoms with van der Waals surface area (Å²) in [6.45, 7) is 3.79. The predicted octanol–water partition coefficient (Wildman–Crippen LogP) is 1.34. The molecule has 0 unspecified atom stereocenters. The maximum atomic E-state index is 12.1. The molecular weight excluding hydrogens is 246 g/mol. The van der Waals surface area contributed by atoms with Crippen LogP contribution in [0.4, 0.5) is 5.69 Å². The van der Waals surface area contributed by atoms with Crippen LogP contribution in [0.3, 0.4) is 0 Å². The van der Waals surface area contributed by atoms with E-state index in [0.717, 1.165) is 11.4 Å². The number of amides is 1. The minimum atomic E-state index is -0.459. The van der Waals surface area contributed by atoms with Crippen molar-refractivity contribution in [2.75, 3.05) is 19.1 Å². The van der Waals surface area contributed by atoms with Crippen LogP contribution in [-0.2, 0) is 14.3 Å². The molecule has 3 atom stereocenters. The van der Waals surface area contributed by atoms with Gasteiger partial charge in [0.1, 0.15) is 23.7 Å². The summed E-state index contributed by atoms with van der Waals surface area (Å²) in [7, 11) is 3.20. The van der Waals surface area contributed by atoms with Gasteiger partial charge in [0, 0.05) is 12.8 Å². The fourth-order valence-electron chi connectivity index (χ4n) is 2.63. The molecule has 0 bridgehead atoms. The Hall–Kier alpha value is -2.01. The van der Waals surface area contributed by atoms with Crippen molar-refractivity contribution in [2.24, 2.45) is 0 Å². The Morgan fingerprint density at radius 1 is 1.26 bits per heavy atom. The minimum absolute atomic E-state index is 0.0594. The lowest BCUT2D eigenvalue weighted by molar-refractivity contribution is -0.134. The molecule has 0 aliphatic carbocycles. The van der Waals surface area contributed by atoms with Crippen LogP contribution in [-0.4, -0.2) is 38.4 Å². The summed E-state index contributed by atoms with van der Waals surface area (Å²) in [5.41, 5.74) is 0.812. The average molecular weight is 261 g/mol. The number of fused-ring (bicyclic) bond motifs is 1. The van der Waals surface area contributed by atoms with Gasteiger partial charge in [-0.25, -0.2) is 0 Å². The molecule has 19 heavy (non-hydrogen) atoms. The van der Waals surface area contributed by atoms with Crippen LogP contribution in [0.2, 0.25) is 0 Å². The Morgan fingerprint density at radius 3 is 2.53 bits per heavy atom. The fourth-order valence-corrected chi connectivity index (χ4v) is 2.63. The SMILES string of the molecule is C=C1O[C@H]2C(=O)N(c3ccc(OC)cc3)[C@H]2[C@@H]1OC. The number of hydrogen-bond donors (Lipinski definition) is 0. The van der Waals surface area contributed by atoms with E-state index in [9.17, 15) is 4.79 Å². The van der Waals surface area contributed by atoms with Crippen molar-refractivity contribution in [3.05, 3.63) is 36.6 Å². The van der Waals surface area contributed by atoms with E-state index in [4.69, 9.17) is 14.2 Å². The Kier molecular flexibility index (Phi) is 2.71. The van der Waals surface area contributed by atoms with Crippen molar-refractivity contribution in [1.82, 2.24) is 0 Å². The first-order valence-electron chi connectivity index (χ1n) is 6.02.